The van der Waals surface area contributed by atoms with Crippen LogP contribution in [0.3, 0.4) is 0 Å². The van der Waals surface area contributed by atoms with Gasteiger partial charge in [-0.05, 0) is 57.2 Å². The van der Waals surface area contributed by atoms with E-state index in [0.717, 1.165) is 5.57 Å². The van der Waals surface area contributed by atoms with Gasteiger partial charge in [-0.1, -0.05) is 17.2 Å². The Hall–Kier alpha value is -3.93. The molecule has 0 bridgehead atoms. The smallest absolute Gasteiger partial charge is 0.280 e. The van der Waals surface area contributed by atoms with Crippen LogP contribution in [0.5, 0.6) is 5.75 Å². The van der Waals surface area contributed by atoms with Gasteiger partial charge in [-0.3, -0.25) is 19.1 Å². The number of hydrogen-bond acceptors (Lipinski definition) is 7. The number of nitrogens with zero attached hydrogens (tertiary/aromatic N) is 4. The van der Waals surface area contributed by atoms with E-state index in [4.69, 9.17) is 16.3 Å². The summed E-state index contributed by atoms with van der Waals surface area (Å²) in [6.45, 7) is 8.41. The molecule has 224 valence electrons. The number of rotatable bonds is 8. The highest BCUT2D eigenvalue weighted by molar-refractivity contribution is 7.13. The van der Waals surface area contributed by atoms with Crippen molar-refractivity contribution in [3.8, 4) is 33.3 Å². The third-order valence-electron chi connectivity index (χ3n) is 6.81. The van der Waals surface area contributed by atoms with Crippen molar-refractivity contribution in [3.63, 3.8) is 0 Å². The van der Waals surface area contributed by atoms with Gasteiger partial charge < -0.3 is 15.0 Å². The van der Waals surface area contributed by atoms with Gasteiger partial charge in [0.15, 0.2) is 0 Å². The minimum atomic E-state index is -2.68. The van der Waals surface area contributed by atoms with E-state index in [9.17, 15) is 18.4 Å². The zero-order valence-corrected chi connectivity index (χ0v) is 25.4. The molecular weight excluding hydrogens is 596 g/mol. The summed E-state index contributed by atoms with van der Waals surface area (Å²) < 4.78 is 33.2. The zero-order valence-electron chi connectivity index (χ0n) is 23.9. The van der Waals surface area contributed by atoms with Crippen molar-refractivity contribution in [1.82, 2.24) is 24.8 Å². The molecule has 5 rings (SSSR count). The summed E-state index contributed by atoms with van der Waals surface area (Å²) in [6.07, 6.45) is 0.445. The van der Waals surface area contributed by atoms with Gasteiger partial charge in [0.05, 0.1) is 39.8 Å². The number of alkyl halides is 2. The zero-order chi connectivity index (χ0) is 30.7. The number of pyridine rings is 2. The fourth-order valence-electron chi connectivity index (χ4n) is 4.78. The quantitative estimate of drug-likeness (QED) is 0.241. The van der Waals surface area contributed by atoms with Crippen molar-refractivity contribution >= 4 is 34.9 Å². The average molecular weight is 626 g/mol. The number of benzene rings is 1. The normalized spacial score (nSPS) is 13.3. The van der Waals surface area contributed by atoms with Crippen molar-refractivity contribution < 1.29 is 18.3 Å². The summed E-state index contributed by atoms with van der Waals surface area (Å²) in [5.74, 6) is 0.304. The van der Waals surface area contributed by atoms with Crippen molar-refractivity contribution in [3.05, 3.63) is 85.9 Å². The lowest BCUT2D eigenvalue weighted by molar-refractivity contribution is 0.0735. The topological polar surface area (TPSA) is 89.3 Å². The standard InChI is InChI=1S/C31H30ClF2N5O3S/c1-4-42-20-6-7-23(32)27(14-20)39-26(13-18(2)3)21(30(40)38-11-9-35-10-12-38)15-22(31(39)41)29-37-25(17-43-29)19-5-8-24(28(33)34)36-16-19/h5-8,13-17,28,35H,4,9-12H2,1-3H3. The number of ether oxygens (including phenoxy) is 1. The summed E-state index contributed by atoms with van der Waals surface area (Å²) in [5.41, 5.74) is 2.42. The first kappa shape index (κ1) is 30.5. The van der Waals surface area contributed by atoms with Gasteiger partial charge in [0, 0.05) is 49.4 Å². The molecule has 1 aliphatic rings. The van der Waals surface area contributed by atoms with E-state index in [2.05, 4.69) is 15.3 Å². The van der Waals surface area contributed by atoms with Crippen LogP contribution in [0.15, 0.2) is 58.3 Å². The highest BCUT2D eigenvalue weighted by Crippen LogP contribution is 2.33. The van der Waals surface area contributed by atoms with Gasteiger partial charge in [0.2, 0.25) is 0 Å². The van der Waals surface area contributed by atoms with Crippen LogP contribution in [0.2, 0.25) is 5.02 Å². The van der Waals surface area contributed by atoms with Crippen molar-refractivity contribution in [1.29, 1.82) is 0 Å². The molecule has 4 heterocycles. The molecule has 1 fully saturated rings. The van der Waals surface area contributed by atoms with Crippen LogP contribution in [0.1, 0.15) is 48.9 Å². The number of thiazole rings is 1. The van der Waals surface area contributed by atoms with Crippen LogP contribution >= 0.6 is 22.9 Å². The summed E-state index contributed by atoms with van der Waals surface area (Å²) in [4.78, 5) is 38.7. The monoisotopic (exact) mass is 625 g/mol. The number of piperazine rings is 1. The number of carbonyl (C=O) groups excluding carboxylic acids is 1. The van der Waals surface area contributed by atoms with Crippen molar-refractivity contribution in [2.75, 3.05) is 32.8 Å². The molecule has 0 aliphatic carbocycles. The van der Waals surface area contributed by atoms with E-state index in [0.29, 0.717) is 76.8 Å². The van der Waals surface area contributed by atoms with Crippen LogP contribution in [-0.4, -0.2) is 58.1 Å². The SMILES string of the molecule is CCOc1ccc(Cl)c(-n2c(C=C(C)C)c(C(=O)N3CCNCC3)cc(-c3nc(-c4ccc(C(F)F)nc4)cs3)c2=O)c1. The van der Waals surface area contributed by atoms with Gasteiger partial charge >= 0.3 is 0 Å². The third-order valence-corrected chi connectivity index (χ3v) is 8.00. The second-order valence-corrected chi connectivity index (χ2v) is 11.4. The molecule has 1 amide bonds. The van der Waals surface area contributed by atoms with E-state index < -0.39 is 12.0 Å². The molecule has 0 saturated carbocycles. The molecule has 1 N–H and O–H groups in total. The maximum atomic E-state index is 14.4. The number of halogens is 3. The number of nitrogens with one attached hydrogen (secondary N) is 1. The molecular formula is C31H30ClF2N5O3S. The van der Waals surface area contributed by atoms with Gasteiger partial charge in [0.25, 0.3) is 17.9 Å². The minimum absolute atomic E-state index is 0.204. The first-order chi connectivity index (χ1) is 20.7. The van der Waals surface area contributed by atoms with Crippen LogP contribution in [0, 0.1) is 0 Å². The predicted molar refractivity (Wildman–Crippen MR) is 166 cm³/mol. The van der Waals surface area contributed by atoms with Crippen molar-refractivity contribution in [2.45, 2.75) is 27.2 Å². The molecule has 12 heteroatoms. The van der Waals surface area contributed by atoms with Crippen molar-refractivity contribution in [2.24, 2.45) is 0 Å². The van der Waals surface area contributed by atoms with Crippen LogP contribution in [-0.2, 0) is 0 Å². The minimum Gasteiger partial charge on any atom is -0.494 e. The lowest BCUT2D eigenvalue weighted by atomic mass is 10.0. The van der Waals surface area contributed by atoms with Gasteiger partial charge in [0.1, 0.15) is 16.5 Å². The molecule has 0 unspecified atom stereocenters. The maximum absolute atomic E-state index is 14.4. The van der Waals surface area contributed by atoms with Crippen LogP contribution < -0.4 is 15.6 Å². The fourth-order valence-corrected chi connectivity index (χ4v) is 5.82. The Morgan fingerprint density at radius 1 is 1.19 bits per heavy atom. The Kier molecular flexibility index (Phi) is 9.34. The molecule has 0 atom stereocenters. The Morgan fingerprint density at radius 3 is 2.60 bits per heavy atom. The summed E-state index contributed by atoms with van der Waals surface area (Å²) in [5, 5.41) is 5.65. The van der Waals surface area contributed by atoms with Gasteiger partial charge in [-0.25, -0.2) is 13.8 Å². The Bertz CT molecular complexity index is 1730. The number of aromatic nitrogens is 3. The maximum Gasteiger partial charge on any atom is 0.280 e. The molecule has 1 saturated heterocycles. The molecule has 4 aromatic rings. The molecule has 0 radical (unpaired) electrons. The molecule has 1 aromatic carbocycles. The lowest BCUT2D eigenvalue weighted by Crippen LogP contribution is -2.47. The van der Waals surface area contributed by atoms with E-state index in [1.807, 2.05) is 20.8 Å². The van der Waals surface area contributed by atoms with Crippen LogP contribution in [0.25, 0.3) is 33.6 Å². The number of amides is 1. The largest absolute Gasteiger partial charge is 0.494 e. The fraction of sp³-hybridized carbons (Fsp3) is 0.290. The molecule has 43 heavy (non-hydrogen) atoms. The Labute approximate surface area is 256 Å². The molecule has 3 aromatic heterocycles. The number of hydrogen-bond donors (Lipinski definition) is 1. The van der Waals surface area contributed by atoms with Crippen LogP contribution in [0.4, 0.5) is 8.78 Å². The lowest BCUT2D eigenvalue weighted by Gasteiger charge is -2.29. The van der Waals surface area contributed by atoms with E-state index in [1.165, 1.54) is 34.2 Å². The highest BCUT2D eigenvalue weighted by atomic mass is 35.5. The Balaban J connectivity index is 1.75. The van der Waals surface area contributed by atoms with Gasteiger partial charge in [-0.15, -0.1) is 11.3 Å². The summed E-state index contributed by atoms with van der Waals surface area (Å²) >= 11 is 7.91. The predicted octanol–water partition coefficient (Wildman–Crippen LogP) is 6.48. The highest BCUT2D eigenvalue weighted by Gasteiger charge is 2.27. The van der Waals surface area contributed by atoms with E-state index >= 15 is 0 Å². The third kappa shape index (κ3) is 6.53. The summed E-state index contributed by atoms with van der Waals surface area (Å²) in [6, 6.07) is 9.42. The second kappa shape index (κ2) is 13.2. The molecule has 0 spiro atoms. The second-order valence-electron chi connectivity index (χ2n) is 10.1. The van der Waals surface area contributed by atoms with E-state index in [-0.39, 0.29) is 17.2 Å². The number of carbonyl (C=O) groups is 1. The first-order valence-corrected chi connectivity index (χ1v) is 15.0. The van der Waals surface area contributed by atoms with E-state index in [1.54, 1.807) is 40.6 Å². The molecule has 8 nitrogen and oxygen atoms in total. The first-order valence-electron chi connectivity index (χ1n) is 13.8. The number of allylic oxidation sites excluding steroid dienone is 1. The summed E-state index contributed by atoms with van der Waals surface area (Å²) in [7, 11) is 0. The molecule has 1 aliphatic heterocycles. The van der Waals surface area contributed by atoms with Gasteiger partial charge in [-0.2, -0.15) is 0 Å². The average Bonchev–Trinajstić information content (AvgIpc) is 3.49. The Morgan fingerprint density at radius 2 is 1.95 bits per heavy atom.